The van der Waals surface area contributed by atoms with Crippen molar-refractivity contribution in [1.82, 2.24) is 0 Å². The lowest BCUT2D eigenvalue weighted by Crippen LogP contribution is -2.26. The van der Waals surface area contributed by atoms with E-state index < -0.39 is 12.2 Å². The number of aliphatic hydroxyl groups is 2. The summed E-state index contributed by atoms with van der Waals surface area (Å²) in [5.74, 6) is -0.308. The molecule has 1 aromatic rings. The Morgan fingerprint density at radius 3 is 2.29 bits per heavy atom. The normalized spacial score (nSPS) is 13.9. The Labute approximate surface area is 128 Å². The van der Waals surface area contributed by atoms with Crippen molar-refractivity contribution >= 4 is 5.78 Å². The topological polar surface area (TPSA) is 57.5 Å². The van der Waals surface area contributed by atoms with Gasteiger partial charge >= 0.3 is 0 Å². The number of rotatable bonds is 11. The number of unbranched alkanes of at least 4 members (excludes halogenated alkanes) is 5. The third-order valence-corrected chi connectivity index (χ3v) is 3.75. The van der Waals surface area contributed by atoms with E-state index in [-0.39, 0.29) is 12.2 Å². The number of carbonyl (C=O) groups is 1. The number of aliphatic hydroxyl groups excluding tert-OH is 2. The standard InChI is InChI=1S/C18H28O3/c1-2-3-4-5-6-10-13-16(19)14-17(20)18(21)15-11-8-7-9-12-15/h7-9,11-12,16-17,19-20H,2-6,10,13-14H2,1H3. The van der Waals surface area contributed by atoms with Gasteiger partial charge in [0.1, 0.15) is 6.10 Å². The minimum absolute atomic E-state index is 0.128. The van der Waals surface area contributed by atoms with Crippen molar-refractivity contribution < 1.29 is 15.0 Å². The van der Waals surface area contributed by atoms with E-state index in [1.807, 2.05) is 6.07 Å². The van der Waals surface area contributed by atoms with Crippen molar-refractivity contribution in [3.63, 3.8) is 0 Å². The van der Waals surface area contributed by atoms with Crippen molar-refractivity contribution in [2.24, 2.45) is 0 Å². The summed E-state index contributed by atoms with van der Waals surface area (Å²) in [6.07, 6.45) is 6.10. The summed E-state index contributed by atoms with van der Waals surface area (Å²) >= 11 is 0. The van der Waals surface area contributed by atoms with Crippen LogP contribution in [0.5, 0.6) is 0 Å². The van der Waals surface area contributed by atoms with Gasteiger partial charge in [0.15, 0.2) is 5.78 Å². The van der Waals surface area contributed by atoms with Gasteiger partial charge in [0.2, 0.25) is 0 Å². The van der Waals surface area contributed by atoms with Crippen LogP contribution in [-0.4, -0.2) is 28.2 Å². The molecule has 0 fully saturated rings. The van der Waals surface area contributed by atoms with E-state index in [0.717, 1.165) is 12.8 Å². The fourth-order valence-electron chi connectivity index (χ4n) is 2.44. The predicted octanol–water partition coefficient (Wildman–Crippen LogP) is 3.73. The van der Waals surface area contributed by atoms with E-state index >= 15 is 0 Å². The Balaban J connectivity index is 2.21. The van der Waals surface area contributed by atoms with Crippen LogP contribution in [0.4, 0.5) is 0 Å². The summed E-state index contributed by atoms with van der Waals surface area (Å²) in [5, 5.41) is 19.8. The predicted molar refractivity (Wildman–Crippen MR) is 85.4 cm³/mol. The Hall–Kier alpha value is -1.19. The molecule has 0 spiro atoms. The average molecular weight is 292 g/mol. The monoisotopic (exact) mass is 292 g/mol. The molecule has 1 aromatic carbocycles. The molecule has 0 aromatic heterocycles. The van der Waals surface area contributed by atoms with Gasteiger partial charge in [-0.05, 0) is 6.42 Å². The van der Waals surface area contributed by atoms with Crippen molar-refractivity contribution in [3.8, 4) is 0 Å². The SMILES string of the molecule is CCCCCCCCC(O)CC(O)C(=O)c1ccccc1. The fraction of sp³-hybridized carbons (Fsp3) is 0.611. The van der Waals surface area contributed by atoms with E-state index in [0.29, 0.717) is 12.0 Å². The van der Waals surface area contributed by atoms with Crippen molar-refractivity contribution in [2.75, 3.05) is 0 Å². The lowest BCUT2D eigenvalue weighted by Gasteiger charge is -2.15. The number of hydrogen-bond donors (Lipinski definition) is 2. The largest absolute Gasteiger partial charge is 0.393 e. The molecule has 0 amide bonds. The third kappa shape index (κ3) is 7.39. The zero-order valence-corrected chi connectivity index (χ0v) is 13.0. The van der Waals surface area contributed by atoms with Gasteiger partial charge in [-0.15, -0.1) is 0 Å². The molecule has 0 aliphatic rings. The van der Waals surface area contributed by atoms with Gasteiger partial charge in [-0.3, -0.25) is 4.79 Å². The van der Waals surface area contributed by atoms with Crippen LogP contribution >= 0.6 is 0 Å². The van der Waals surface area contributed by atoms with Crippen LogP contribution in [0.3, 0.4) is 0 Å². The van der Waals surface area contributed by atoms with E-state index in [4.69, 9.17) is 0 Å². The zero-order valence-electron chi connectivity index (χ0n) is 13.0. The van der Waals surface area contributed by atoms with Gasteiger partial charge < -0.3 is 10.2 Å². The second-order valence-corrected chi connectivity index (χ2v) is 5.69. The smallest absolute Gasteiger partial charge is 0.191 e. The molecule has 2 unspecified atom stereocenters. The molecule has 0 saturated carbocycles. The average Bonchev–Trinajstić information content (AvgIpc) is 2.50. The Bertz CT molecular complexity index is 389. The fourth-order valence-corrected chi connectivity index (χ4v) is 2.44. The number of carbonyl (C=O) groups excluding carboxylic acids is 1. The molecule has 0 heterocycles. The van der Waals surface area contributed by atoms with Gasteiger partial charge in [-0.1, -0.05) is 75.8 Å². The molecule has 3 nitrogen and oxygen atoms in total. The summed E-state index contributed by atoms with van der Waals surface area (Å²) in [4.78, 5) is 12.0. The molecule has 0 radical (unpaired) electrons. The number of hydrogen-bond acceptors (Lipinski definition) is 3. The highest BCUT2D eigenvalue weighted by atomic mass is 16.3. The van der Waals surface area contributed by atoms with Crippen LogP contribution in [0.1, 0.15) is 68.6 Å². The highest BCUT2D eigenvalue weighted by Crippen LogP contribution is 2.13. The van der Waals surface area contributed by atoms with Gasteiger partial charge in [-0.25, -0.2) is 0 Å². The van der Waals surface area contributed by atoms with E-state index in [1.165, 1.54) is 25.7 Å². The highest BCUT2D eigenvalue weighted by molar-refractivity contribution is 5.99. The van der Waals surface area contributed by atoms with Crippen LogP contribution in [0, 0.1) is 0 Å². The maximum absolute atomic E-state index is 12.0. The van der Waals surface area contributed by atoms with E-state index in [1.54, 1.807) is 24.3 Å². The minimum Gasteiger partial charge on any atom is -0.393 e. The second-order valence-electron chi connectivity index (χ2n) is 5.69. The first-order valence-corrected chi connectivity index (χ1v) is 8.10. The Morgan fingerprint density at radius 2 is 1.62 bits per heavy atom. The molecule has 118 valence electrons. The van der Waals surface area contributed by atoms with Crippen molar-refractivity contribution in [2.45, 2.75) is 70.5 Å². The van der Waals surface area contributed by atoms with Crippen LogP contribution in [0.25, 0.3) is 0 Å². The minimum atomic E-state index is -1.11. The van der Waals surface area contributed by atoms with Gasteiger partial charge in [0.05, 0.1) is 6.10 Å². The third-order valence-electron chi connectivity index (χ3n) is 3.75. The molecule has 21 heavy (non-hydrogen) atoms. The molecule has 2 atom stereocenters. The molecule has 0 aliphatic heterocycles. The molecule has 0 aliphatic carbocycles. The lowest BCUT2D eigenvalue weighted by molar-refractivity contribution is 0.0533. The van der Waals surface area contributed by atoms with Gasteiger partial charge in [-0.2, -0.15) is 0 Å². The first kappa shape index (κ1) is 17.9. The second kappa shape index (κ2) is 10.5. The Kier molecular flexibility index (Phi) is 8.95. The van der Waals surface area contributed by atoms with Crippen LogP contribution in [-0.2, 0) is 0 Å². The number of benzene rings is 1. The first-order valence-electron chi connectivity index (χ1n) is 8.10. The first-order chi connectivity index (χ1) is 10.1. The maximum atomic E-state index is 12.0. The molecule has 2 N–H and O–H groups in total. The zero-order chi connectivity index (χ0) is 15.5. The lowest BCUT2D eigenvalue weighted by atomic mass is 9.98. The maximum Gasteiger partial charge on any atom is 0.191 e. The summed E-state index contributed by atoms with van der Waals surface area (Å²) in [5.41, 5.74) is 0.497. The van der Waals surface area contributed by atoms with Crippen LogP contribution < -0.4 is 0 Å². The van der Waals surface area contributed by atoms with Gasteiger partial charge in [0, 0.05) is 12.0 Å². The quantitative estimate of drug-likeness (QED) is 0.482. The highest BCUT2D eigenvalue weighted by Gasteiger charge is 2.20. The van der Waals surface area contributed by atoms with E-state index in [9.17, 15) is 15.0 Å². The number of Topliss-reactive ketones (excluding diaryl/α,β-unsaturated/α-hetero) is 1. The molecular weight excluding hydrogens is 264 g/mol. The van der Waals surface area contributed by atoms with Crippen LogP contribution in [0.15, 0.2) is 30.3 Å². The summed E-state index contributed by atoms with van der Waals surface area (Å²) in [6.45, 7) is 2.19. The number of ketones is 1. The summed E-state index contributed by atoms with van der Waals surface area (Å²) < 4.78 is 0. The Morgan fingerprint density at radius 1 is 1.00 bits per heavy atom. The molecule has 1 rings (SSSR count). The van der Waals surface area contributed by atoms with Crippen LogP contribution in [0.2, 0.25) is 0 Å². The van der Waals surface area contributed by atoms with Gasteiger partial charge in [0.25, 0.3) is 0 Å². The molecule has 3 heteroatoms. The summed E-state index contributed by atoms with van der Waals surface area (Å²) in [7, 11) is 0. The summed E-state index contributed by atoms with van der Waals surface area (Å²) in [6, 6.07) is 8.74. The molecule has 0 bridgehead atoms. The van der Waals surface area contributed by atoms with Crippen molar-refractivity contribution in [1.29, 1.82) is 0 Å². The van der Waals surface area contributed by atoms with E-state index in [2.05, 4.69) is 6.92 Å². The molecular formula is C18H28O3. The van der Waals surface area contributed by atoms with Crippen molar-refractivity contribution in [3.05, 3.63) is 35.9 Å². The molecule has 0 saturated heterocycles.